The zero-order valence-corrected chi connectivity index (χ0v) is 15.2. The van der Waals surface area contributed by atoms with Gasteiger partial charge in [-0.25, -0.2) is 9.69 Å². The van der Waals surface area contributed by atoms with Gasteiger partial charge in [-0.2, -0.15) is 0 Å². The molecule has 26 heavy (non-hydrogen) atoms. The smallest absolute Gasteiger partial charge is 0.338 e. The van der Waals surface area contributed by atoms with Crippen LogP contribution in [-0.4, -0.2) is 29.1 Å². The SMILES string of the molecule is CCOC(=O)c1ccc(N[C@@H]2SC(=O)N(c3ccc(C)cc3)C2=O)cc1. The summed E-state index contributed by atoms with van der Waals surface area (Å²) in [6.07, 6.45) is 0. The first-order valence-electron chi connectivity index (χ1n) is 8.14. The second-order valence-electron chi connectivity index (χ2n) is 5.72. The highest BCUT2D eigenvalue weighted by atomic mass is 32.2. The molecule has 1 fully saturated rings. The number of esters is 1. The zero-order chi connectivity index (χ0) is 18.7. The second-order valence-corrected chi connectivity index (χ2v) is 6.77. The van der Waals surface area contributed by atoms with Gasteiger partial charge in [0.15, 0.2) is 5.37 Å². The van der Waals surface area contributed by atoms with Gasteiger partial charge in [-0.05, 0) is 62.0 Å². The number of benzene rings is 2. The lowest BCUT2D eigenvalue weighted by molar-refractivity contribution is -0.116. The number of anilines is 2. The largest absolute Gasteiger partial charge is 0.462 e. The van der Waals surface area contributed by atoms with Crippen molar-refractivity contribution >= 4 is 40.3 Å². The van der Waals surface area contributed by atoms with Crippen molar-refractivity contribution in [3.8, 4) is 0 Å². The third-order valence-electron chi connectivity index (χ3n) is 3.83. The molecule has 0 unspecified atom stereocenters. The van der Waals surface area contributed by atoms with Crippen LogP contribution in [-0.2, 0) is 9.53 Å². The van der Waals surface area contributed by atoms with E-state index in [0.29, 0.717) is 23.5 Å². The van der Waals surface area contributed by atoms with Gasteiger partial charge in [-0.3, -0.25) is 9.59 Å². The average molecular weight is 370 g/mol. The molecule has 0 spiro atoms. The van der Waals surface area contributed by atoms with Crippen molar-refractivity contribution in [2.75, 3.05) is 16.8 Å². The second kappa shape index (κ2) is 7.61. The number of carbonyl (C=O) groups is 3. The van der Waals surface area contributed by atoms with Gasteiger partial charge in [0.25, 0.3) is 11.1 Å². The van der Waals surface area contributed by atoms with Gasteiger partial charge >= 0.3 is 5.97 Å². The number of hydrogen-bond donors (Lipinski definition) is 1. The first-order valence-corrected chi connectivity index (χ1v) is 9.02. The number of nitrogens with zero attached hydrogens (tertiary/aromatic N) is 1. The van der Waals surface area contributed by atoms with Gasteiger partial charge in [-0.1, -0.05) is 17.7 Å². The molecule has 7 heteroatoms. The van der Waals surface area contributed by atoms with Gasteiger partial charge in [0.2, 0.25) is 0 Å². The quantitative estimate of drug-likeness (QED) is 0.807. The third-order valence-corrected chi connectivity index (χ3v) is 4.77. The molecule has 0 aromatic heterocycles. The predicted octanol–water partition coefficient (Wildman–Crippen LogP) is 3.81. The molecule has 134 valence electrons. The van der Waals surface area contributed by atoms with Crippen molar-refractivity contribution in [3.05, 3.63) is 59.7 Å². The first kappa shape index (κ1) is 18.0. The predicted molar refractivity (Wildman–Crippen MR) is 101 cm³/mol. The summed E-state index contributed by atoms with van der Waals surface area (Å²) < 4.78 is 4.93. The van der Waals surface area contributed by atoms with Gasteiger partial charge in [0.1, 0.15) is 0 Å². The van der Waals surface area contributed by atoms with E-state index in [1.54, 1.807) is 43.3 Å². The van der Waals surface area contributed by atoms with Crippen LogP contribution >= 0.6 is 11.8 Å². The van der Waals surface area contributed by atoms with Crippen molar-refractivity contribution in [2.24, 2.45) is 0 Å². The molecule has 1 saturated heterocycles. The van der Waals surface area contributed by atoms with E-state index in [1.807, 2.05) is 19.1 Å². The molecule has 0 bridgehead atoms. The molecule has 1 heterocycles. The maximum absolute atomic E-state index is 12.6. The van der Waals surface area contributed by atoms with Crippen LogP contribution in [0.5, 0.6) is 0 Å². The molecule has 1 aliphatic heterocycles. The Hall–Kier alpha value is -2.80. The van der Waals surface area contributed by atoms with Crippen LogP contribution in [0.1, 0.15) is 22.8 Å². The fourth-order valence-electron chi connectivity index (χ4n) is 2.50. The molecule has 2 amide bonds. The Morgan fingerprint density at radius 2 is 1.77 bits per heavy atom. The summed E-state index contributed by atoms with van der Waals surface area (Å²) in [7, 11) is 0. The summed E-state index contributed by atoms with van der Waals surface area (Å²) in [6, 6.07) is 13.8. The molecule has 2 aromatic rings. The molecule has 1 N–H and O–H groups in total. The number of amides is 2. The number of imide groups is 1. The summed E-state index contributed by atoms with van der Waals surface area (Å²) in [4.78, 5) is 37.7. The van der Waals surface area contributed by atoms with Crippen molar-refractivity contribution in [1.29, 1.82) is 0 Å². The molecular weight excluding hydrogens is 352 g/mol. The molecule has 2 aromatic carbocycles. The molecule has 0 radical (unpaired) electrons. The fraction of sp³-hybridized carbons (Fsp3) is 0.211. The minimum absolute atomic E-state index is 0.309. The lowest BCUT2D eigenvalue weighted by atomic mass is 10.2. The average Bonchev–Trinajstić information content (AvgIpc) is 2.90. The van der Waals surface area contributed by atoms with Gasteiger partial charge in [0.05, 0.1) is 17.9 Å². The highest BCUT2D eigenvalue weighted by Gasteiger charge is 2.40. The Morgan fingerprint density at radius 1 is 1.12 bits per heavy atom. The number of aryl methyl sites for hydroxylation is 1. The molecule has 1 aliphatic rings. The summed E-state index contributed by atoms with van der Waals surface area (Å²) in [5, 5.41) is 2.00. The molecule has 0 saturated carbocycles. The number of nitrogens with one attached hydrogen (secondary N) is 1. The lowest BCUT2D eigenvalue weighted by Crippen LogP contribution is -2.34. The van der Waals surface area contributed by atoms with Crippen LogP contribution < -0.4 is 10.2 Å². The topological polar surface area (TPSA) is 75.7 Å². The van der Waals surface area contributed by atoms with E-state index < -0.39 is 11.3 Å². The highest BCUT2D eigenvalue weighted by Crippen LogP contribution is 2.32. The van der Waals surface area contributed by atoms with E-state index in [9.17, 15) is 14.4 Å². The Kier molecular flexibility index (Phi) is 5.27. The Morgan fingerprint density at radius 3 is 2.38 bits per heavy atom. The molecule has 6 nitrogen and oxygen atoms in total. The maximum Gasteiger partial charge on any atom is 0.338 e. The van der Waals surface area contributed by atoms with Crippen LogP contribution in [0.15, 0.2) is 48.5 Å². The van der Waals surface area contributed by atoms with E-state index in [4.69, 9.17) is 4.74 Å². The number of rotatable bonds is 5. The summed E-state index contributed by atoms with van der Waals surface area (Å²) >= 11 is 0.929. The standard InChI is InChI=1S/C19H18N2O4S/c1-3-25-18(23)13-6-8-14(9-7-13)20-16-17(22)21(19(24)26-16)15-10-4-12(2)5-11-15/h4-11,16,20H,3H2,1-2H3/t16-/m1/s1. The Balaban J connectivity index is 1.71. The van der Waals surface area contributed by atoms with E-state index in [0.717, 1.165) is 17.3 Å². The van der Waals surface area contributed by atoms with E-state index in [2.05, 4.69) is 5.32 Å². The fourth-order valence-corrected chi connectivity index (χ4v) is 3.40. The molecule has 3 rings (SSSR count). The number of carbonyl (C=O) groups excluding carboxylic acids is 3. The summed E-state index contributed by atoms with van der Waals surface area (Å²) in [5.41, 5.74) is 2.68. The Labute approximate surface area is 155 Å². The molecular formula is C19H18N2O4S. The monoisotopic (exact) mass is 370 g/mol. The lowest BCUT2D eigenvalue weighted by Gasteiger charge is -2.15. The van der Waals surface area contributed by atoms with Crippen LogP contribution in [0.3, 0.4) is 0 Å². The van der Waals surface area contributed by atoms with Crippen LogP contribution in [0, 0.1) is 6.92 Å². The normalized spacial score (nSPS) is 16.7. The number of ether oxygens (including phenoxy) is 1. The van der Waals surface area contributed by atoms with E-state index in [-0.39, 0.29) is 11.1 Å². The maximum atomic E-state index is 12.6. The van der Waals surface area contributed by atoms with Crippen LogP contribution in [0.2, 0.25) is 0 Å². The highest BCUT2D eigenvalue weighted by molar-refractivity contribution is 8.16. The van der Waals surface area contributed by atoms with Crippen molar-refractivity contribution in [2.45, 2.75) is 19.2 Å². The zero-order valence-electron chi connectivity index (χ0n) is 14.4. The van der Waals surface area contributed by atoms with Crippen molar-refractivity contribution < 1.29 is 19.1 Å². The molecule has 0 aliphatic carbocycles. The van der Waals surface area contributed by atoms with Crippen LogP contribution in [0.4, 0.5) is 16.2 Å². The van der Waals surface area contributed by atoms with Gasteiger partial charge in [0, 0.05) is 5.69 Å². The first-order chi connectivity index (χ1) is 12.5. The van der Waals surface area contributed by atoms with Gasteiger partial charge in [-0.15, -0.1) is 0 Å². The number of hydrogen-bond acceptors (Lipinski definition) is 6. The van der Waals surface area contributed by atoms with Gasteiger partial charge < -0.3 is 10.1 Å². The summed E-state index contributed by atoms with van der Waals surface area (Å²) in [5.74, 6) is -0.718. The minimum Gasteiger partial charge on any atom is -0.462 e. The Bertz CT molecular complexity index is 834. The van der Waals surface area contributed by atoms with E-state index in [1.165, 1.54) is 4.90 Å². The van der Waals surface area contributed by atoms with Crippen molar-refractivity contribution in [3.63, 3.8) is 0 Å². The minimum atomic E-state index is -0.711. The number of thioether (sulfide) groups is 1. The molecule has 1 atom stereocenters. The third kappa shape index (κ3) is 3.72. The van der Waals surface area contributed by atoms with Crippen LogP contribution in [0.25, 0.3) is 0 Å². The van der Waals surface area contributed by atoms with E-state index >= 15 is 0 Å². The summed E-state index contributed by atoms with van der Waals surface area (Å²) in [6.45, 7) is 3.99. The van der Waals surface area contributed by atoms with Crippen molar-refractivity contribution in [1.82, 2.24) is 0 Å².